The molecule has 0 saturated carbocycles. The van der Waals surface area contributed by atoms with Crippen molar-refractivity contribution in [2.45, 2.75) is 53.9 Å². The first-order chi connectivity index (χ1) is 16.0. The van der Waals surface area contributed by atoms with E-state index >= 15 is 0 Å². The van der Waals surface area contributed by atoms with Gasteiger partial charge in [-0.2, -0.15) is 0 Å². The van der Waals surface area contributed by atoms with Crippen molar-refractivity contribution in [3.8, 4) is 33.6 Å². The Hall–Kier alpha value is -3.22. The molecule has 2 atom stereocenters. The Kier molecular flexibility index (Phi) is 6.23. The molecule has 6 heteroatoms. The van der Waals surface area contributed by atoms with Gasteiger partial charge in [-0.25, -0.2) is 9.97 Å². The minimum atomic E-state index is -0.156. The molecule has 178 valence electrons. The normalized spacial score (nSPS) is 14.2. The van der Waals surface area contributed by atoms with Crippen molar-refractivity contribution in [3.05, 3.63) is 73.6 Å². The lowest BCUT2D eigenvalue weighted by Crippen LogP contribution is -2.31. The third-order valence-electron chi connectivity index (χ3n) is 6.40. The second kappa shape index (κ2) is 8.85. The second-order valence-electron chi connectivity index (χ2n) is 11.1. The summed E-state index contributed by atoms with van der Waals surface area (Å²) in [6.45, 7) is 12.8. The monoisotopic (exact) mass is 456 g/mol. The lowest BCUT2D eigenvalue weighted by atomic mass is 9.92. The van der Waals surface area contributed by atoms with Crippen molar-refractivity contribution in [1.29, 1.82) is 0 Å². The topological polar surface area (TPSA) is 87.7 Å². The van der Waals surface area contributed by atoms with Gasteiger partial charge in [-0.3, -0.25) is 0 Å². The van der Waals surface area contributed by atoms with Crippen LogP contribution < -0.4 is 11.5 Å². The van der Waals surface area contributed by atoms with Gasteiger partial charge in [0.15, 0.2) is 0 Å². The Balaban J connectivity index is 1.58. The van der Waals surface area contributed by atoms with E-state index in [0.29, 0.717) is 0 Å². The maximum atomic E-state index is 6.49. The van der Waals surface area contributed by atoms with E-state index in [-0.39, 0.29) is 23.2 Å². The van der Waals surface area contributed by atoms with Crippen LogP contribution in [0.15, 0.2) is 73.6 Å². The van der Waals surface area contributed by atoms with Gasteiger partial charge in [-0.15, -0.1) is 0 Å². The van der Waals surface area contributed by atoms with E-state index in [2.05, 4.69) is 109 Å². The maximum absolute atomic E-state index is 6.49. The third kappa shape index (κ3) is 4.69. The summed E-state index contributed by atoms with van der Waals surface area (Å²) in [5.41, 5.74) is 19.4. The molecule has 2 unspecified atom stereocenters. The predicted molar refractivity (Wildman–Crippen MR) is 140 cm³/mol. The van der Waals surface area contributed by atoms with Crippen molar-refractivity contribution >= 4 is 0 Å². The lowest BCUT2D eigenvalue weighted by Gasteiger charge is -2.29. The molecule has 34 heavy (non-hydrogen) atoms. The highest BCUT2D eigenvalue weighted by molar-refractivity contribution is 5.71. The highest BCUT2D eigenvalue weighted by atomic mass is 15.2. The zero-order chi connectivity index (χ0) is 24.7. The van der Waals surface area contributed by atoms with Crippen LogP contribution in [0.1, 0.15) is 53.9 Å². The van der Waals surface area contributed by atoms with Crippen LogP contribution in [0.5, 0.6) is 0 Å². The highest BCUT2D eigenvalue weighted by Crippen LogP contribution is 2.33. The molecule has 2 heterocycles. The maximum Gasteiger partial charge on any atom is 0.0964 e. The fraction of sp³-hybridized carbons (Fsp3) is 0.357. The molecule has 0 spiro atoms. The third-order valence-corrected chi connectivity index (χ3v) is 6.40. The first-order valence-electron chi connectivity index (χ1n) is 11.7. The smallest absolute Gasteiger partial charge is 0.0964 e. The fourth-order valence-electron chi connectivity index (χ4n) is 4.00. The number of aromatic nitrogens is 4. The summed E-state index contributed by atoms with van der Waals surface area (Å²) in [6.07, 6.45) is 7.07. The Morgan fingerprint density at radius 1 is 0.559 bits per heavy atom. The number of nitrogens with zero attached hydrogens (tertiary/aromatic N) is 4. The second-order valence-corrected chi connectivity index (χ2v) is 11.1. The van der Waals surface area contributed by atoms with Crippen molar-refractivity contribution < 1.29 is 0 Å². The van der Waals surface area contributed by atoms with Crippen molar-refractivity contribution in [3.63, 3.8) is 0 Å². The van der Waals surface area contributed by atoms with Crippen LogP contribution in [0.2, 0.25) is 0 Å². The quantitative estimate of drug-likeness (QED) is 0.380. The minimum Gasteiger partial charge on any atom is -0.314 e. The number of imidazole rings is 2. The Bertz CT molecular complexity index is 1130. The molecule has 0 aliphatic rings. The molecular weight excluding hydrogens is 420 g/mol. The number of hydrogen-bond acceptors (Lipinski definition) is 4. The molecule has 0 saturated heterocycles. The van der Waals surface area contributed by atoms with Gasteiger partial charge in [-0.1, -0.05) is 90.1 Å². The van der Waals surface area contributed by atoms with Crippen molar-refractivity contribution in [1.82, 2.24) is 19.1 Å². The van der Waals surface area contributed by atoms with E-state index in [4.69, 9.17) is 11.5 Å². The van der Waals surface area contributed by atoms with Gasteiger partial charge in [0.05, 0.1) is 48.8 Å². The van der Waals surface area contributed by atoms with Gasteiger partial charge in [0.1, 0.15) is 0 Å². The molecule has 2 aromatic carbocycles. The van der Waals surface area contributed by atoms with Gasteiger partial charge in [0, 0.05) is 0 Å². The molecule has 2 aromatic heterocycles. The van der Waals surface area contributed by atoms with E-state index in [1.165, 1.54) is 0 Å². The molecule has 0 amide bonds. The van der Waals surface area contributed by atoms with Crippen LogP contribution in [0.4, 0.5) is 0 Å². The predicted octanol–water partition coefficient (Wildman–Crippen LogP) is 6.09. The molecule has 6 nitrogen and oxygen atoms in total. The van der Waals surface area contributed by atoms with Gasteiger partial charge in [-0.05, 0) is 33.1 Å². The van der Waals surface area contributed by atoms with E-state index < -0.39 is 0 Å². The first kappa shape index (κ1) is 23.9. The molecule has 0 aliphatic carbocycles. The molecule has 4 rings (SSSR count). The molecule has 0 bridgehead atoms. The summed E-state index contributed by atoms with van der Waals surface area (Å²) in [6, 6.07) is 17.1. The van der Waals surface area contributed by atoms with Crippen molar-refractivity contribution in [2.24, 2.45) is 22.3 Å². The van der Waals surface area contributed by atoms with Gasteiger partial charge in [0.2, 0.25) is 0 Å². The van der Waals surface area contributed by atoms with E-state index in [1.807, 2.05) is 25.0 Å². The van der Waals surface area contributed by atoms with E-state index in [0.717, 1.165) is 33.6 Å². The van der Waals surface area contributed by atoms with E-state index in [9.17, 15) is 0 Å². The molecular formula is C28H36N6. The molecule has 0 radical (unpaired) electrons. The number of benzene rings is 2. The average molecular weight is 457 g/mol. The molecule has 4 N–H and O–H groups in total. The van der Waals surface area contributed by atoms with Gasteiger partial charge in [0.25, 0.3) is 0 Å². The summed E-state index contributed by atoms with van der Waals surface area (Å²) in [5, 5.41) is 0. The summed E-state index contributed by atoms with van der Waals surface area (Å²) < 4.78 is 4.10. The zero-order valence-corrected chi connectivity index (χ0v) is 21.0. The van der Waals surface area contributed by atoms with Crippen molar-refractivity contribution in [2.75, 3.05) is 0 Å². The van der Waals surface area contributed by atoms with Crippen LogP contribution in [0, 0.1) is 10.8 Å². The highest BCUT2D eigenvalue weighted by Gasteiger charge is 2.25. The number of nitrogens with two attached hydrogens (primary N) is 2. The Labute approximate surface area is 202 Å². The molecule has 4 aromatic rings. The summed E-state index contributed by atoms with van der Waals surface area (Å²) >= 11 is 0. The first-order valence-corrected chi connectivity index (χ1v) is 11.7. The van der Waals surface area contributed by atoms with Crippen LogP contribution in [-0.4, -0.2) is 19.1 Å². The van der Waals surface area contributed by atoms with Crippen LogP contribution in [-0.2, 0) is 0 Å². The standard InChI is InChI=1S/C28H36N6/c1-27(2,3)25(29)33-17-31-15-23(33)21-11-7-19(8-12-21)20-9-13-22(14-10-20)24-16-32-18-34(24)26(30)28(4,5)6/h7-18,25-26H,29-30H2,1-6H3. The van der Waals surface area contributed by atoms with Gasteiger partial charge >= 0.3 is 0 Å². The molecule has 0 aliphatic heterocycles. The fourth-order valence-corrected chi connectivity index (χ4v) is 4.00. The summed E-state index contributed by atoms with van der Waals surface area (Å²) in [4.78, 5) is 8.70. The van der Waals surface area contributed by atoms with Crippen LogP contribution in [0.3, 0.4) is 0 Å². The molecule has 0 fully saturated rings. The minimum absolute atomic E-state index is 0.0662. The largest absolute Gasteiger partial charge is 0.314 e. The summed E-state index contributed by atoms with van der Waals surface area (Å²) in [7, 11) is 0. The van der Waals surface area contributed by atoms with Crippen LogP contribution >= 0.6 is 0 Å². The number of rotatable bonds is 5. The number of hydrogen-bond donors (Lipinski definition) is 2. The Morgan fingerprint density at radius 2 is 0.853 bits per heavy atom. The SMILES string of the molecule is CC(C)(C)C(N)n1cncc1-c1ccc(-c2ccc(-c3cncn3C(N)C(C)(C)C)cc2)cc1. The van der Waals surface area contributed by atoms with Gasteiger partial charge < -0.3 is 20.6 Å². The zero-order valence-electron chi connectivity index (χ0n) is 21.0. The lowest BCUT2D eigenvalue weighted by molar-refractivity contribution is 0.250. The Morgan fingerprint density at radius 3 is 1.15 bits per heavy atom. The van der Waals surface area contributed by atoms with E-state index in [1.54, 1.807) is 0 Å². The van der Waals surface area contributed by atoms with Crippen LogP contribution in [0.25, 0.3) is 33.6 Å². The summed E-state index contributed by atoms with van der Waals surface area (Å²) in [5.74, 6) is 0. The average Bonchev–Trinajstić information content (AvgIpc) is 3.47.